The minimum Gasteiger partial charge on any atom is -0.312 e. The van der Waals surface area contributed by atoms with Crippen LogP contribution in [0.4, 0.5) is 13.2 Å². The fourth-order valence-corrected chi connectivity index (χ4v) is 1.17. The maximum atomic E-state index is 11.8. The van der Waals surface area contributed by atoms with Crippen LogP contribution in [0.15, 0.2) is 24.3 Å². The molecule has 1 aromatic rings. The van der Waals surface area contributed by atoms with Crippen LogP contribution in [-0.2, 0) is 6.54 Å². The molecule has 0 radical (unpaired) electrons. The molecule has 0 unspecified atom stereocenters. The van der Waals surface area contributed by atoms with Crippen molar-refractivity contribution in [3.05, 3.63) is 35.4 Å². The molecule has 0 aromatic heterocycles. The van der Waals surface area contributed by atoms with E-state index in [2.05, 4.69) is 5.32 Å². The summed E-state index contributed by atoms with van der Waals surface area (Å²) in [5.74, 6) is 0. The molecule has 0 amide bonds. The highest BCUT2D eigenvalue weighted by Crippen LogP contribution is 2.18. The van der Waals surface area contributed by atoms with Crippen molar-refractivity contribution >= 4 is 0 Å². The van der Waals surface area contributed by atoms with E-state index in [1.165, 1.54) is 0 Å². The Morgan fingerprint density at radius 2 is 1.73 bits per heavy atom. The van der Waals surface area contributed by atoms with E-state index in [1.807, 2.05) is 31.2 Å². The first-order valence-electron chi connectivity index (χ1n) is 4.80. The SMILES string of the molecule is Cc1ccc(CNCCC(F)(F)F)cc1. The van der Waals surface area contributed by atoms with Gasteiger partial charge in [-0.25, -0.2) is 0 Å². The predicted molar refractivity (Wildman–Crippen MR) is 53.6 cm³/mol. The second kappa shape index (κ2) is 5.16. The van der Waals surface area contributed by atoms with Crippen molar-refractivity contribution in [2.75, 3.05) is 6.54 Å². The van der Waals surface area contributed by atoms with E-state index in [1.54, 1.807) is 0 Å². The van der Waals surface area contributed by atoms with Gasteiger partial charge in [0.1, 0.15) is 0 Å². The molecule has 1 aromatic carbocycles. The van der Waals surface area contributed by atoms with Crippen LogP contribution >= 0.6 is 0 Å². The van der Waals surface area contributed by atoms with Crippen molar-refractivity contribution in [1.29, 1.82) is 0 Å². The van der Waals surface area contributed by atoms with Gasteiger partial charge in [0, 0.05) is 13.1 Å². The maximum Gasteiger partial charge on any atom is 0.390 e. The molecule has 0 atom stereocenters. The van der Waals surface area contributed by atoms with Gasteiger partial charge < -0.3 is 5.32 Å². The van der Waals surface area contributed by atoms with E-state index in [9.17, 15) is 13.2 Å². The third-order valence-corrected chi connectivity index (χ3v) is 2.03. The third-order valence-electron chi connectivity index (χ3n) is 2.03. The van der Waals surface area contributed by atoms with Gasteiger partial charge in [-0.05, 0) is 12.5 Å². The molecule has 0 aliphatic rings. The summed E-state index contributed by atoms with van der Waals surface area (Å²) in [5, 5.41) is 2.76. The van der Waals surface area contributed by atoms with Gasteiger partial charge in [-0.15, -0.1) is 0 Å². The zero-order chi connectivity index (χ0) is 11.3. The lowest BCUT2D eigenvalue weighted by atomic mass is 10.1. The molecule has 1 rings (SSSR count). The van der Waals surface area contributed by atoms with Crippen LogP contribution in [0, 0.1) is 6.92 Å². The number of hydrogen-bond donors (Lipinski definition) is 1. The molecule has 0 heterocycles. The average molecular weight is 217 g/mol. The van der Waals surface area contributed by atoms with Crippen molar-refractivity contribution in [1.82, 2.24) is 5.32 Å². The smallest absolute Gasteiger partial charge is 0.312 e. The molecule has 0 fully saturated rings. The lowest BCUT2D eigenvalue weighted by Crippen LogP contribution is -2.21. The number of alkyl halides is 3. The fourth-order valence-electron chi connectivity index (χ4n) is 1.17. The summed E-state index contributed by atoms with van der Waals surface area (Å²) in [5.41, 5.74) is 2.15. The Balaban J connectivity index is 2.23. The Hall–Kier alpha value is -1.03. The lowest BCUT2D eigenvalue weighted by Gasteiger charge is -2.07. The summed E-state index contributed by atoms with van der Waals surface area (Å²) in [6.45, 7) is 2.43. The summed E-state index contributed by atoms with van der Waals surface area (Å²) >= 11 is 0. The number of halogens is 3. The molecule has 84 valence electrons. The van der Waals surface area contributed by atoms with E-state index >= 15 is 0 Å². The Morgan fingerprint density at radius 1 is 1.13 bits per heavy atom. The second-order valence-electron chi connectivity index (χ2n) is 3.53. The van der Waals surface area contributed by atoms with Crippen LogP contribution in [-0.4, -0.2) is 12.7 Å². The minimum atomic E-state index is -4.07. The fraction of sp³-hybridized carbons (Fsp3) is 0.455. The van der Waals surface area contributed by atoms with E-state index in [0.29, 0.717) is 6.54 Å². The number of hydrogen-bond acceptors (Lipinski definition) is 1. The zero-order valence-electron chi connectivity index (χ0n) is 8.56. The third kappa shape index (κ3) is 5.42. The van der Waals surface area contributed by atoms with E-state index in [-0.39, 0.29) is 6.54 Å². The Morgan fingerprint density at radius 3 is 2.27 bits per heavy atom. The molecule has 1 N–H and O–H groups in total. The van der Waals surface area contributed by atoms with Crippen LogP contribution in [0.5, 0.6) is 0 Å². The van der Waals surface area contributed by atoms with Gasteiger partial charge >= 0.3 is 6.18 Å². The minimum absolute atomic E-state index is 0.0304. The van der Waals surface area contributed by atoms with Gasteiger partial charge in [-0.1, -0.05) is 29.8 Å². The Bertz CT molecular complexity index is 290. The predicted octanol–water partition coefficient (Wildman–Crippen LogP) is 3.04. The molecule has 4 heteroatoms. The van der Waals surface area contributed by atoms with Crippen LogP contribution in [0.2, 0.25) is 0 Å². The molecule has 1 nitrogen and oxygen atoms in total. The number of aryl methyl sites for hydroxylation is 1. The molecular formula is C11H14F3N. The summed E-state index contributed by atoms with van der Waals surface area (Å²) < 4.78 is 35.4. The van der Waals surface area contributed by atoms with Crippen LogP contribution in [0.1, 0.15) is 17.5 Å². The van der Waals surface area contributed by atoms with Crippen molar-refractivity contribution in [2.24, 2.45) is 0 Å². The largest absolute Gasteiger partial charge is 0.390 e. The van der Waals surface area contributed by atoms with Gasteiger partial charge in [0.05, 0.1) is 6.42 Å². The first-order valence-corrected chi connectivity index (χ1v) is 4.80. The second-order valence-corrected chi connectivity index (χ2v) is 3.53. The Kier molecular flexibility index (Phi) is 4.15. The first-order chi connectivity index (χ1) is 6.97. The van der Waals surface area contributed by atoms with Crippen molar-refractivity contribution in [3.63, 3.8) is 0 Å². The molecule has 0 saturated carbocycles. The van der Waals surface area contributed by atoms with Gasteiger partial charge in [0.15, 0.2) is 0 Å². The normalized spacial score (nSPS) is 11.7. The maximum absolute atomic E-state index is 11.8. The highest BCUT2D eigenvalue weighted by Gasteiger charge is 2.25. The zero-order valence-corrected chi connectivity index (χ0v) is 8.56. The molecule has 0 aliphatic carbocycles. The quantitative estimate of drug-likeness (QED) is 0.764. The molecule has 0 spiro atoms. The molecular weight excluding hydrogens is 203 g/mol. The van der Waals surface area contributed by atoms with E-state index in [4.69, 9.17) is 0 Å². The highest BCUT2D eigenvalue weighted by molar-refractivity contribution is 5.20. The van der Waals surface area contributed by atoms with Gasteiger partial charge in [-0.3, -0.25) is 0 Å². The monoisotopic (exact) mass is 217 g/mol. The standard InChI is InChI=1S/C11H14F3N/c1-9-2-4-10(5-3-9)8-15-7-6-11(12,13)14/h2-5,15H,6-8H2,1H3. The van der Waals surface area contributed by atoms with E-state index in [0.717, 1.165) is 11.1 Å². The summed E-state index contributed by atoms with van der Waals surface area (Å²) in [6.07, 6.45) is -4.85. The number of nitrogens with one attached hydrogen (secondary N) is 1. The van der Waals surface area contributed by atoms with Crippen molar-refractivity contribution in [3.8, 4) is 0 Å². The van der Waals surface area contributed by atoms with Gasteiger partial charge in [0.25, 0.3) is 0 Å². The molecule has 0 bridgehead atoms. The topological polar surface area (TPSA) is 12.0 Å². The number of rotatable bonds is 4. The summed E-state index contributed by atoms with van der Waals surface area (Å²) in [4.78, 5) is 0. The number of benzene rings is 1. The average Bonchev–Trinajstić information content (AvgIpc) is 2.14. The van der Waals surface area contributed by atoms with Gasteiger partial charge in [-0.2, -0.15) is 13.2 Å². The molecule has 15 heavy (non-hydrogen) atoms. The van der Waals surface area contributed by atoms with Crippen LogP contribution in [0.25, 0.3) is 0 Å². The van der Waals surface area contributed by atoms with Gasteiger partial charge in [0.2, 0.25) is 0 Å². The Labute approximate surface area is 87.3 Å². The van der Waals surface area contributed by atoms with Crippen molar-refractivity contribution in [2.45, 2.75) is 26.1 Å². The first kappa shape index (κ1) is 12.0. The summed E-state index contributed by atoms with van der Waals surface area (Å²) in [7, 11) is 0. The van der Waals surface area contributed by atoms with Crippen molar-refractivity contribution < 1.29 is 13.2 Å². The molecule has 0 saturated heterocycles. The van der Waals surface area contributed by atoms with E-state index < -0.39 is 12.6 Å². The summed E-state index contributed by atoms with van der Waals surface area (Å²) in [6, 6.07) is 7.72. The van der Waals surface area contributed by atoms with Crippen LogP contribution < -0.4 is 5.32 Å². The highest BCUT2D eigenvalue weighted by atomic mass is 19.4. The molecule has 0 aliphatic heterocycles. The van der Waals surface area contributed by atoms with Crippen LogP contribution in [0.3, 0.4) is 0 Å². The lowest BCUT2D eigenvalue weighted by molar-refractivity contribution is -0.133.